The zero-order valence-electron chi connectivity index (χ0n) is 18.3. The van der Waals surface area contributed by atoms with Crippen LogP contribution in [0.5, 0.6) is 0 Å². The second kappa shape index (κ2) is 10.3. The summed E-state index contributed by atoms with van der Waals surface area (Å²) in [4.78, 5) is 12.0. The minimum atomic E-state index is 0.469. The molecule has 1 N–H and O–H groups in total. The van der Waals surface area contributed by atoms with Crippen molar-refractivity contribution in [2.45, 2.75) is 57.0 Å². The number of rotatable bonds is 6. The van der Waals surface area contributed by atoms with Crippen LogP contribution in [0.1, 0.15) is 55.7 Å². The van der Waals surface area contributed by atoms with Crippen LogP contribution in [0.2, 0.25) is 0 Å². The summed E-state index contributed by atoms with van der Waals surface area (Å²) in [6, 6.07) is 7.03. The summed E-state index contributed by atoms with van der Waals surface area (Å²) >= 11 is 6.21. The molecule has 0 amide bonds. The van der Waals surface area contributed by atoms with Crippen LogP contribution in [0.15, 0.2) is 41.3 Å². The number of piperidine rings is 1. The second-order valence-electron chi connectivity index (χ2n) is 9.17. The Morgan fingerprint density at radius 3 is 2.81 bits per heavy atom. The molecular formula is C24H30BrIN6. The van der Waals surface area contributed by atoms with Crippen LogP contribution >= 0.6 is 38.5 Å². The molecule has 1 unspecified atom stereocenters. The molecule has 4 heterocycles. The Morgan fingerprint density at radius 1 is 1.16 bits per heavy atom. The quantitative estimate of drug-likeness (QED) is 0.289. The predicted molar refractivity (Wildman–Crippen MR) is 140 cm³/mol. The molecule has 1 atom stereocenters. The summed E-state index contributed by atoms with van der Waals surface area (Å²) in [5.41, 5.74) is 3.21. The fraction of sp³-hybridized carbons (Fsp3) is 0.542. The van der Waals surface area contributed by atoms with Crippen molar-refractivity contribution in [2.24, 2.45) is 5.92 Å². The fourth-order valence-electron chi connectivity index (χ4n) is 5.23. The molecule has 1 saturated heterocycles. The number of nitrogens with zero attached hydrogens (tertiary/aromatic N) is 5. The highest BCUT2D eigenvalue weighted by Gasteiger charge is 2.31. The standard InChI is InChI=1S/C24H30BrIN6/c25-21-15-29-32-23(28-14-18-3-1-9-27-13-18)11-22(30-24(21)32)19-4-2-10-31(16-19)20-7-5-17(12-26)6-8-20/h1,3,9,11,13,15,17,19-20,28H,2,4-8,10,12,14,16H2. The van der Waals surface area contributed by atoms with E-state index in [1.807, 2.05) is 23.0 Å². The first-order chi connectivity index (χ1) is 15.7. The molecule has 1 aliphatic carbocycles. The van der Waals surface area contributed by atoms with Gasteiger partial charge in [-0.3, -0.25) is 9.88 Å². The Balaban J connectivity index is 1.35. The van der Waals surface area contributed by atoms with E-state index in [0.29, 0.717) is 12.5 Å². The molecule has 2 aliphatic rings. The molecule has 6 nitrogen and oxygen atoms in total. The molecular weight excluding hydrogens is 579 g/mol. The number of halogens is 2. The zero-order chi connectivity index (χ0) is 21.9. The van der Waals surface area contributed by atoms with E-state index in [9.17, 15) is 0 Å². The first-order valence-corrected chi connectivity index (χ1v) is 14.0. The lowest BCUT2D eigenvalue weighted by atomic mass is 9.84. The van der Waals surface area contributed by atoms with E-state index in [4.69, 9.17) is 4.98 Å². The molecule has 3 aromatic rings. The number of hydrogen-bond acceptors (Lipinski definition) is 5. The van der Waals surface area contributed by atoms with Crippen LogP contribution in [-0.4, -0.2) is 48.0 Å². The minimum absolute atomic E-state index is 0.469. The third kappa shape index (κ3) is 4.97. The summed E-state index contributed by atoms with van der Waals surface area (Å²) in [5, 5.41) is 8.11. The number of anilines is 1. The maximum Gasteiger partial charge on any atom is 0.171 e. The lowest BCUT2D eigenvalue weighted by Crippen LogP contribution is -2.44. The van der Waals surface area contributed by atoms with E-state index in [-0.39, 0.29) is 0 Å². The fourth-order valence-corrected chi connectivity index (χ4v) is 6.46. The van der Waals surface area contributed by atoms with Crippen LogP contribution in [0.3, 0.4) is 0 Å². The summed E-state index contributed by atoms with van der Waals surface area (Å²) in [5.74, 6) is 2.39. The Hall–Kier alpha value is -1.26. The molecule has 5 rings (SSSR count). The number of aromatic nitrogens is 4. The zero-order valence-corrected chi connectivity index (χ0v) is 22.0. The number of likely N-dealkylation sites (tertiary alicyclic amines) is 1. The van der Waals surface area contributed by atoms with Crippen molar-refractivity contribution in [3.05, 3.63) is 52.5 Å². The van der Waals surface area contributed by atoms with Crippen LogP contribution in [0.4, 0.5) is 5.82 Å². The SMILES string of the molecule is Brc1cnn2c(NCc3cccnc3)cc(C3CCCN(C4CCC(CI)CC4)C3)nc12. The van der Waals surface area contributed by atoms with E-state index >= 15 is 0 Å². The maximum absolute atomic E-state index is 5.05. The van der Waals surface area contributed by atoms with Crippen LogP contribution in [0.25, 0.3) is 5.65 Å². The molecule has 1 saturated carbocycles. The topological polar surface area (TPSA) is 58.4 Å². The summed E-state index contributed by atoms with van der Waals surface area (Å²) in [6.07, 6.45) is 13.5. The van der Waals surface area contributed by atoms with Gasteiger partial charge in [-0.05, 0) is 78.5 Å². The second-order valence-corrected chi connectivity index (χ2v) is 10.9. The van der Waals surface area contributed by atoms with Crippen LogP contribution in [-0.2, 0) is 6.54 Å². The average Bonchev–Trinajstić information content (AvgIpc) is 3.24. The van der Waals surface area contributed by atoms with E-state index < -0.39 is 0 Å². The smallest absolute Gasteiger partial charge is 0.171 e. The van der Waals surface area contributed by atoms with Crippen molar-refractivity contribution in [1.29, 1.82) is 0 Å². The summed E-state index contributed by atoms with van der Waals surface area (Å²) in [7, 11) is 0. The van der Waals surface area contributed by atoms with E-state index in [0.717, 1.165) is 40.0 Å². The lowest BCUT2D eigenvalue weighted by Gasteiger charge is -2.41. The first-order valence-electron chi connectivity index (χ1n) is 11.7. The Labute approximate surface area is 211 Å². The largest absolute Gasteiger partial charge is 0.366 e. The molecule has 8 heteroatoms. The van der Waals surface area contributed by atoms with Crippen molar-refractivity contribution in [3.63, 3.8) is 0 Å². The van der Waals surface area contributed by atoms with Gasteiger partial charge in [0.25, 0.3) is 0 Å². The third-order valence-corrected chi connectivity index (χ3v) is 8.87. The first kappa shape index (κ1) is 22.5. The van der Waals surface area contributed by atoms with E-state index in [1.54, 1.807) is 6.20 Å². The van der Waals surface area contributed by atoms with Gasteiger partial charge in [0.15, 0.2) is 5.65 Å². The number of alkyl halides is 1. The summed E-state index contributed by atoms with van der Waals surface area (Å²) in [6.45, 7) is 3.07. The van der Waals surface area contributed by atoms with E-state index in [1.165, 1.54) is 55.2 Å². The Morgan fingerprint density at radius 2 is 2.03 bits per heavy atom. The van der Waals surface area contributed by atoms with Crippen molar-refractivity contribution in [2.75, 3.05) is 22.8 Å². The Kier molecular flexibility index (Phi) is 7.28. The van der Waals surface area contributed by atoms with Gasteiger partial charge >= 0.3 is 0 Å². The van der Waals surface area contributed by atoms with Crippen LogP contribution < -0.4 is 5.32 Å². The van der Waals surface area contributed by atoms with Gasteiger partial charge in [-0.25, -0.2) is 4.98 Å². The maximum atomic E-state index is 5.05. The van der Waals surface area contributed by atoms with E-state index in [2.05, 4.69) is 71.0 Å². The van der Waals surface area contributed by atoms with Gasteiger partial charge in [0, 0.05) is 47.9 Å². The molecule has 1 aliphatic heterocycles. The number of pyridine rings is 1. The van der Waals surface area contributed by atoms with Gasteiger partial charge in [0.2, 0.25) is 0 Å². The van der Waals surface area contributed by atoms with Crippen molar-refractivity contribution >= 4 is 50.0 Å². The van der Waals surface area contributed by atoms with Crippen LogP contribution in [0, 0.1) is 5.92 Å². The molecule has 32 heavy (non-hydrogen) atoms. The highest BCUT2D eigenvalue weighted by atomic mass is 127. The molecule has 3 aromatic heterocycles. The van der Waals surface area contributed by atoms with Gasteiger partial charge in [0.1, 0.15) is 5.82 Å². The molecule has 170 valence electrons. The van der Waals surface area contributed by atoms with Crippen molar-refractivity contribution in [1.82, 2.24) is 24.5 Å². The number of hydrogen-bond donors (Lipinski definition) is 1. The molecule has 2 fully saturated rings. The molecule has 0 aromatic carbocycles. The minimum Gasteiger partial charge on any atom is -0.366 e. The number of fused-ring (bicyclic) bond motifs is 1. The van der Waals surface area contributed by atoms with Crippen molar-refractivity contribution in [3.8, 4) is 0 Å². The predicted octanol–water partition coefficient (Wildman–Crippen LogP) is 5.67. The molecule has 0 bridgehead atoms. The van der Waals surface area contributed by atoms with Crippen molar-refractivity contribution < 1.29 is 0 Å². The highest BCUT2D eigenvalue weighted by molar-refractivity contribution is 14.1. The normalized spacial score (nSPS) is 24.6. The highest BCUT2D eigenvalue weighted by Crippen LogP contribution is 2.34. The third-order valence-electron chi connectivity index (χ3n) is 7.07. The molecule has 0 radical (unpaired) electrons. The lowest BCUT2D eigenvalue weighted by molar-refractivity contribution is 0.107. The van der Waals surface area contributed by atoms with Gasteiger partial charge in [-0.1, -0.05) is 28.7 Å². The monoisotopic (exact) mass is 608 g/mol. The van der Waals surface area contributed by atoms with Gasteiger partial charge in [-0.15, -0.1) is 0 Å². The summed E-state index contributed by atoms with van der Waals surface area (Å²) < 4.78 is 4.15. The van der Waals surface area contributed by atoms with Gasteiger partial charge in [-0.2, -0.15) is 9.61 Å². The number of nitrogens with one attached hydrogen (secondary N) is 1. The van der Waals surface area contributed by atoms with Gasteiger partial charge in [0.05, 0.1) is 16.4 Å². The average molecular weight is 609 g/mol. The van der Waals surface area contributed by atoms with Gasteiger partial charge < -0.3 is 5.32 Å². The molecule has 0 spiro atoms. The Bertz CT molecular complexity index is 1030.